The fourth-order valence-electron chi connectivity index (χ4n) is 4.90. The Morgan fingerprint density at radius 2 is 1.86 bits per heavy atom. The molecule has 0 aromatic carbocycles. The Balaban J connectivity index is 1.50. The van der Waals surface area contributed by atoms with Crippen LogP contribution in [-0.4, -0.2) is 72.3 Å². The van der Waals surface area contributed by atoms with Crippen LogP contribution in [0.5, 0.6) is 0 Å². The first-order chi connectivity index (χ1) is 17.8. The standard InChI is InChI=1S/C26H30N8O3/c1-15(35)22-23(17-7-9-33(10-8-17)26(36)16(2)37-4)31-25-20(13-30-34(25)24(22)27)18-5-6-21(28-11-18)19-12-29-32(3)14-19/h5-6,11-14,16-17H,7-10,27H2,1-4H3/t16-/m1/s1. The van der Waals surface area contributed by atoms with Crippen LogP contribution < -0.4 is 5.73 Å². The van der Waals surface area contributed by atoms with Gasteiger partial charge in [0.2, 0.25) is 0 Å². The second-order valence-corrected chi connectivity index (χ2v) is 9.42. The molecule has 1 fully saturated rings. The number of aromatic nitrogens is 6. The third kappa shape index (κ3) is 4.46. The highest BCUT2D eigenvalue weighted by Gasteiger charge is 2.31. The van der Waals surface area contributed by atoms with Gasteiger partial charge < -0.3 is 15.4 Å². The highest BCUT2D eigenvalue weighted by Crippen LogP contribution is 2.35. The summed E-state index contributed by atoms with van der Waals surface area (Å²) in [5.41, 5.74) is 11.5. The first-order valence-electron chi connectivity index (χ1n) is 12.2. The monoisotopic (exact) mass is 502 g/mol. The van der Waals surface area contributed by atoms with Crippen molar-refractivity contribution in [1.82, 2.24) is 34.3 Å². The van der Waals surface area contributed by atoms with Gasteiger partial charge in [0.05, 0.1) is 29.3 Å². The predicted molar refractivity (Wildman–Crippen MR) is 138 cm³/mol. The predicted octanol–water partition coefficient (Wildman–Crippen LogP) is 2.72. The SMILES string of the molecule is CO[C@H](C)C(=O)N1CCC(c2nc3c(-c4ccc(-c5cnn(C)c5)nc4)cnn3c(N)c2C(C)=O)CC1. The number of anilines is 1. The number of fused-ring (bicyclic) bond motifs is 1. The first-order valence-corrected chi connectivity index (χ1v) is 12.2. The number of amides is 1. The number of pyridine rings is 1. The summed E-state index contributed by atoms with van der Waals surface area (Å²) in [6.45, 7) is 4.37. The van der Waals surface area contributed by atoms with Crippen LogP contribution in [0.25, 0.3) is 28.0 Å². The molecule has 2 N–H and O–H groups in total. The zero-order valence-electron chi connectivity index (χ0n) is 21.4. The van der Waals surface area contributed by atoms with Crippen LogP contribution in [0.2, 0.25) is 0 Å². The molecule has 4 aromatic rings. The van der Waals surface area contributed by atoms with E-state index in [1.807, 2.05) is 25.4 Å². The zero-order valence-corrected chi connectivity index (χ0v) is 21.4. The number of ether oxygens (including phenoxy) is 1. The number of hydrogen-bond donors (Lipinski definition) is 1. The average Bonchev–Trinajstić information content (AvgIpc) is 3.54. The lowest BCUT2D eigenvalue weighted by Gasteiger charge is -2.33. The zero-order chi connectivity index (χ0) is 26.3. The number of piperidine rings is 1. The van der Waals surface area contributed by atoms with E-state index in [1.165, 1.54) is 18.5 Å². The number of rotatable bonds is 6. The van der Waals surface area contributed by atoms with E-state index in [4.69, 9.17) is 15.5 Å². The lowest BCUT2D eigenvalue weighted by atomic mass is 9.89. The quantitative estimate of drug-likeness (QED) is 0.398. The molecule has 5 rings (SSSR count). The Hall–Kier alpha value is -4.12. The minimum Gasteiger partial charge on any atom is -0.383 e. The second kappa shape index (κ2) is 9.74. The van der Waals surface area contributed by atoms with Crippen molar-refractivity contribution in [3.05, 3.63) is 48.2 Å². The number of nitrogens with zero attached hydrogens (tertiary/aromatic N) is 7. The molecule has 192 valence electrons. The average molecular weight is 503 g/mol. The van der Waals surface area contributed by atoms with E-state index in [-0.39, 0.29) is 23.4 Å². The van der Waals surface area contributed by atoms with E-state index in [9.17, 15) is 9.59 Å². The third-order valence-electron chi connectivity index (χ3n) is 7.03. The van der Waals surface area contributed by atoms with Crippen LogP contribution in [0.1, 0.15) is 48.7 Å². The van der Waals surface area contributed by atoms with Crippen LogP contribution >= 0.6 is 0 Å². The third-order valence-corrected chi connectivity index (χ3v) is 7.03. The van der Waals surface area contributed by atoms with Crippen molar-refractivity contribution in [3.8, 4) is 22.4 Å². The topological polar surface area (TPSA) is 134 Å². The molecule has 1 aliphatic rings. The largest absolute Gasteiger partial charge is 0.383 e. The molecule has 5 heterocycles. The van der Waals surface area contributed by atoms with E-state index >= 15 is 0 Å². The van der Waals surface area contributed by atoms with Crippen molar-refractivity contribution >= 4 is 23.2 Å². The van der Waals surface area contributed by atoms with Crippen molar-refractivity contribution < 1.29 is 14.3 Å². The Labute approximate surface area is 214 Å². The minimum absolute atomic E-state index is 0.0121. The van der Waals surface area contributed by atoms with Gasteiger partial charge in [-0.05, 0) is 32.8 Å². The van der Waals surface area contributed by atoms with Gasteiger partial charge in [-0.1, -0.05) is 6.07 Å². The van der Waals surface area contributed by atoms with E-state index in [1.54, 1.807) is 35.1 Å². The van der Waals surface area contributed by atoms with Crippen LogP contribution in [-0.2, 0) is 16.6 Å². The minimum atomic E-state index is -0.484. The number of aryl methyl sites for hydroxylation is 1. The normalized spacial score (nSPS) is 15.3. The lowest BCUT2D eigenvalue weighted by Crippen LogP contribution is -2.43. The molecule has 1 saturated heterocycles. The summed E-state index contributed by atoms with van der Waals surface area (Å²) in [7, 11) is 3.39. The van der Waals surface area contributed by atoms with E-state index in [0.29, 0.717) is 42.8 Å². The lowest BCUT2D eigenvalue weighted by molar-refractivity contribution is -0.142. The van der Waals surface area contributed by atoms with Gasteiger partial charge in [0, 0.05) is 62.2 Å². The van der Waals surface area contributed by atoms with E-state index < -0.39 is 6.10 Å². The molecule has 0 spiro atoms. The van der Waals surface area contributed by atoms with Crippen molar-refractivity contribution in [2.75, 3.05) is 25.9 Å². The van der Waals surface area contributed by atoms with Crippen molar-refractivity contribution in [2.24, 2.45) is 7.05 Å². The molecule has 11 heteroatoms. The summed E-state index contributed by atoms with van der Waals surface area (Å²) >= 11 is 0. The molecule has 4 aromatic heterocycles. The number of nitrogens with two attached hydrogens (primary N) is 1. The summed E-state index contributed by atoms with van der Waals surface area (Å²) in [5.74, 6) is 0.0658. The van der Waals surface area contributed by atoms with Crippen LogP contribution in [0, 0.1) is 0 Å². The smallest absolute Gasteiger partial charge is 0.251 e. The highest BCUT2D eigenvalue weighted by atomic mass is 16.5. The van der Waals surface area contributed by atoms with Gasteiger partial charge in [-0.25, -0.2) is 4.98 Å². The number of ketones is 1. The van der Waals surface area contributed by atoms with Gasteiger partial charge in [-0.15, -0.1) is 0 Å². The Morgan fingerprint density at radius 3 is 2.46 bits per heavy atom. The Bertz CT molecular complexity index is 1470. The maximum atomic E-state index is 12.7. The summed E-state index contributed by atoms with van der Waals surface area (Å²) < 4.78 is 8.44. The van der Waals surface area contributed by atoms with Crippen molar-refractivity contribution in [2.45, 2.75) is 38.7 Å². The summed E-state index contributed by atoms with van der Waals surface area (Å²) in [5, 5.41) is 8.64. The van der Waals surface area contributed by atoms with Crippen molar-refractivity contribution in [1.29, 1.82) is 0 Å². The molecule has 0 radical (unpaired) electrons. The van der Waals surface area contributed by atoms with Gasteiger partial charge in [-0.2, -0.15) is 14.7 Å². The van der Waals surface area contributed by atoms with Gasteiger partial charge in [0.1, 0.15) is 11.9 Å². The van der Waals surface area contributed by atoms with Crippen LogP contribution in [0.4, 0.5) is 5.82 Å². The fraction of sp³-hybridized carbons (Fsp3) is 0.385. The Kier molecular flexibility index (Phi) is 6.46. The maximum absolute atomic E-state index is 12.7. The molecule has 0 bridgehead atoms. The number of Topliss-reactive ketones (excluding diaryl/α,β-unsaturated/α-hetero) is 1. The van der Waals surface area contributed by atoms with Gasteiger partial charge >= 0.3 is 0 Å². The summed E-state index contributed by atoms with van der Waals surface area (Å²) in [6.07, 6.45) is 8.01. The van der Waals surface area contributed by atoms with E-state index in [0.717, 1.165) is 22.4 Å². The summed E-state index contributed by atoms with van der Waals surface area (Å²) in [4.78, 5) is 36.6. The number of carbonyl (C=O) groups excluding carboxylic acids is 2. The number of likely N-dealkylation sites (tertiary alicyclic amines) is 1. The molecule has 37 heavy (non-hydrogen) atoms. The highest BCUT2D eigenvalue weighted by molar-refractivity contribution is 6.00. The maximum Gasteiger partial charge on any atom is 0.251 e. The second-order valence-electron chi connectivity index (χ2n) is 9.42. The number of nitrogen functional groups attached to an aromatic ring is 1. The fourth-order valence-corrected chi connectivity index (χ4v) is 4.90. The number of methoxy groups -OCH3 is 1. The first kappa shape index (κ1) is 24.6. The van der Waals surface area contributed by atoms with Gasteiger partial charge in [0.15, 0.2) is 11.4 Å². The molecular weight excluding hydrogens is 472 g/mol. The summed E-state index contributed by atoms with van der Waals surface area (Å²) in [6, 6.07) is 3.89. The van der Waals surface area contributed by atoms with Gasteiger partial charge in [0.25, 0.3) is 5.91 Å². The molecule has 0 aliphatic carbocycles. The number of hydrogen-bond acceptors (Lipinski definition) is 8. The van der Waals surface area contributed by atoms with Crippen LogP contribution in [0.3, 0.4) is 0 Å². The Morgan fingerprint density at radius 1 is 1.11 bits per heavy atom. The number of carbonyl (C=O) groups is 2. The molecule has 1 amide bonds. The molecule has 0 unspecified atom stereocenters. The van der Waals surface area contributed by atoms with Crippen molar-refractivity contribution in [3.63, 3.8) is 0 Å². The van der Waals surface area contributed by atoms with Gasteiger partial charge in [-0.3, -0.25) is 19.3 Å². The van der Waals surface area contributed by atoms with E-state index in [2.05, 4.69) is 15.2 Å². The van der Waals surface area contributed by atoms with Crippen LogP contribution in [0.15, 0.2) is 36.9 Å². The molecule has 1 atom stereocenters. The molecular formula is C26H30N8O3. The molecule has 11 nitrogen and oxygen atoms in total. The molecule has 0 saturated carbocycles. The molecule has 1 aliphatic heterocycles.